The predicted octanol–water partition coefficient (Wildman–Crippen LogP) is 1.70. The lowest BCUT2D eigenvalue weighted by atomic mass is 10.0. The zero-order valence-electron chi connectivity index (χ0n) is 6.95. The van der Waals surface area contributed by atoms with Crippen LogP contribution >= 0.6 is 0 Å². The number of rotatable bonds is 1. The highest BCUT2D eigenvalue weighted by Crippen LogP contribution is 2.26. The molecule has 0 unspecified atom stereocenters. The highest BCUT2D eigenvalue weighted by molar-refractivity contribution is 6.09. The van der Waals surface area contributed by atoms with Crippen LogP contribution in [0.1, 0.15) is 16.7 Å². The third-order valence-electron chi connectivity index (χ3n) is 2.22. The van der Waals surface area contributed by atoms with Crippen LogP contribution in [0, 0.1) is 11.3 Å². The maximum Gasteiger partial charge on any atom is 0.150 e. The summed E-state index contributed by atoms with van der Waals surface area (Å²) >= 11 is 0. The average molecular weight is 169 g/mol. The van der Waals surface area contributed by atoms with Crippen LogP contribution < -0.4 is 0 Å². The van der Waals surface area contributed by atoms with Crippen molar-refractivity contribution in [2.45, 2.75) is 6.42 Å². The number of carbonyl (C=O) groups is 1. The minimum Gasteiger partial charge on any atom is -0.298 e. The van der Waals surface area contributed by atoms with Crippen LogP contribution in [-0.2, 0) is 11.2 Å². The number of hydrogen-bond donors (Lipinski definition) is 0. The molecule has 2 rings (SSSR count). The van der Waals surface area contributed by atoms with Crippen molar-refractivity contribution in [3.63, 3.8) is 0 Å². The number of fused-ring (bicyclic) bond motifs is 1. The second kappa shape index (κ2) is 2.87. The molecule has 0 N–H and O–H groups in total. The van der Waals surface area contributed by atoms with E-state index >= 15 is 0 Å². The van der Waals surface area contributed by atoms with E-state index in [1.54, 1.807) is 12.1 Å². The van der Waals surface area contributed by atoms with Crippen LogP contribution in [0.4, 0.5) is 0 Å². The maximum absolute atomic E-state index is 10.6. The number of carbonyl (C=O) groups excluding carboxylic acids is 1. The Kier molecular flexibility index (Phi) is 1.71. The van der Waals surface area contributed by atoms with Crippen molar-refractivity contribution in [2.75, 3.05) is 0 Å². The number of nitriles is 1. The van der Waals surface area contributed by atoms with Gasteiger partial charge < -0.3 is 0 Å². The van der Waals surface area contributed by atoms with Gasteiger partial charge in [0.25, 0.3) is 0 Å². The monoisotopic (exact) mass is 169 g/mol. The molecule has 0 saturated carbocycles. The third-order valence-corrected chi connectivity index (χ3v) is 2.22. The Bertz CT molecular complexity index is 438. The van der Waals surface area contributed by atoms with Gasteiger partial charge in [-0.1, -0.05) is 12.1 Å². The Morgan fingerprint density at radius 2 is 2.31 bits per heavy atom. The summed E-state index contributed by atoms with van der Waals surface area (Å²) in [4.78, 5) is 10.6. The molecule has 0 aliphatic heterocycles. The molecule has 0 bridgehead atoms. The molecule has 2 heteroatoms. The molecule has 0 aromatic heterocycles. The molecule has 1 aliphatic carbocycles. The molecule has 0 atom stereocenters. The molecule has 1 aliphatic rings. The van der Waals surface area contributed by atoms with Crippen molar-refractivity contribution < 1.29 is 4.79 Å². The van der Waals surface area contributed by atoms with Gasteiger partial charge >= 0.3 is 0 Å². The van der Waals surface area contributed by atoms with Gasteiger partial charge in [0.2, 0.25) is 0 Å². The summed E-state index contributed by atoms with van der Waals surface area (Å²) in [6.07, 6.45) is 3.53. The minimum absolute atomic E-state index is 0.605. The number of nitrogens with zero attached hydrogens (tertiary/aromatic N) is 1. The molecule has 62 valence electrons. The number of allylic oxidation sites excluding steroid dienone is 2. The van der Waals surface area contributed by atoms with E-state index in [4.69, 9.17) is 5.26 Å². The van der Waals surface area contributed by atoms with Crippen LogP contribution in [-0.4, -0.2) is 6.29 Å². The largest absolute Gasteiger partial charge is 0.298 e. The van der Waals surface area contributed by atoms with Gasteiger partial charge in [0.05, 0.1) is 11.6 Å². The Morgan fingerprint density at radius 3 is 3.00 bits per heavy atom. The number of hydrogen-bond acceptors (Lipinski definition) is 2. The van der Waals surface area contributed by atoms with Crippen LogP contribution in [0.2, 0.25) is 0 Å². The molecule has 0 heterocycles. The van der Waals surface area contributed by atoms with E-state index in [2.05, 4.69) is 6.07 Å². The van der Waals surface area contributed by atoms with Gasteiger partial charge in [-0.25, -0.2) is 0 Å². The second-order valence-electron chi connectivity index (χ2n) is 2.97. The molecule has 0 saturated heterocycles. The van der Waals surface area contributed by atoms with Crippen molar-refractivity contribution >= 4 is 11.9 Å². The first-order chi connectivity index (χ1) is 6.35. The highest BCUT2D eigenvalue weighted by atomic mass is 16.1. The van der Waals surface area contributed by atoms with Gasteiger partial charge in [-0.2, -0.15) is 5.26 Å². The van der Waals surface area contributed by atoms with Gasteiger partial charge in [-0.3, -0.25) is 4.79 Å². The smallest absolute Gasteiger partial charge is 0.150 e. The Morgan fingerprint density at radius 1 is 1.46 bits per heavy atom. The SMILES string of the molecule is N#Cc1ccc2c(c1)C(C=O)=CC2. The quantitative estimate of drug-likeness (QED) is 0.600. The summed E-state index contributed by atoms with van der Waals surface area (Å²) in [6, 6.07) is 7.51. The summed E-state index contributed by atoms with van der Waals surface area (Å²) in [5, 5.41) is 8.67. The van der Waals surface area contributed by atoms with E-state index in [1.165, 1.54) is 0 Å². The number of benzene rings is 1. The van der Waals surface area contributed by atoms with E-state index < -0.39 is 0 Å². The fourth-order valence-corrected chi connectivity index (χ4v) is 1.53. The lowest BCUT2D eigenvalue weighted by molar-refractivity contribution is -0.103. The molecule has 0 amide bonds. The topological polar surface area (TPSA) is 40.9 Å². The molecule has 13 heavy (non-hydrogen) atoms. The van der Waals surface area contributed by atoms with Gasteiger partial charge in [0.15, 0.2) is 0 Å². The summed E-state index contributed by atoms with van der Waals surface area (Å²) in [5.41, 5.74) is 3.34. The Balaban J connectivity index is 2.57. The third kappa shape index (κ3) is 1.15. The van der Waals surface area contributed by atoms with Crippen LogP contribution in [0.25, 0.3) is 5.57 Å². The van der Waals surface area contributed by atoms with Crippen LogP contribution in [0.5, 0.6) is 0 Å². The first kappa shape index (κ1) is 7.75. The molecule has 2 nitrogen and oxygen atoms in total. The molecule has 1 aromatic carbocycles. The summed E-state index contributed by atoms with van der Waals surface area (Å²) in [7, 11) is 0. The van der Waals surface area contributed by atoms with E-state index in [-0.39, 0.29) is 0 Å². The maximum atomic E-state index is 10.6. The molecular formula is C11H7NO. The molecule has 0 fully saturated rings. The van der Waals surface area contributed by atoms with E-state index in [0.29, 0.717) is 11.1 Å². The summed E-state index contributed by atoms with van der Waals surface area (Å²) in [5.74, 6) is 0. The van der Waals surface area contributed by atoms with Gasteiger partial charge in [0.1, 0.15) is 6.29 Å². The van der Waals surface area contributed by atoms with Gasteiger partial charge in [-0.15, -0.1) is 0 Å². The molecule has 1 aromatic rings. The first-order valence-electron chi connectivity index (χ1n) is 4.04. The van der Waals surface area contributed by atoms with Gasteiger partial charge in [-0.05, 0) is 29.7 Å². The van der Waals surface area contributed by atoms with E-state index in [9.17, 15) is 4.79 Å². The standard InChI is InChI=1S/C11H7NO/c12-6-8-1-2-9-3-4-10(7-13)11(9)5-8/h1-2,4-5,7H,3H2. The zero-order chi connectivity index (χ0) is 9.26. The predicted molar refractivity (Wildman–Crippen MR) is 48.9 cm³/mol. The van der Waals surface area contributed by atoms with E-state index in [0.717, 1.165) is 23.8 Å². The summed E-state index contributed by atoms with van der Waals surface area (Å²) in [6.45, 7) is 0. The van der Waals surface area contributed by atoms with Crippen molar-refractivity contribution in [1.82, 2.24) is 0 Å². The lowest BCUT2D eigenvalue weighted by Gasteiger charge is -1.99. The Hall–Kier alpha value is -1.88. The normalized spacial score (nSPS) is 13.0. The van der Waals surface area contributed by atoms with E-state index in [1.807, 2.05) is 12.1 Å². The fourth-order valence-electron chi connectivity index (χ4n) is 1.53. The van der Waals surface area contributed by atoms with Crippen molar-refractivity contribution in [3.05, 3.63) is 41.0 Å². The first-order valence-corrected chi connectivity index (χ1v) is 4.04. The zero-order valence-corrected chi connectivity index (χ0v) is 6.95. The second-order valence-corrected chi connectivity index (χ2v) is 2.97. The minimum atomic E-state index is 0.605. The van der Waals surface area contributed by atoms with Crippen molar-refractivity contribution in [1.29, 1.82) is 5.26 Å². The molecular weight excluding hydrogens is 162 g/mol. The van der Waals surface area contributed by atoms with Crippen LogP contribution in [0.15, 0.2) is 24.3 Å². The highest BCUT2D eigenvalue weighted by Gasteiger charge is 2.13. The number of aldehydes is 1. The molecule has 0 spiro atoms. The van der Waals surface area contributed by atoms with Gasteiger partial charge in [0, 0.05) is 5.57 Å². The van der Waals surface area contributed by atoms with Crippen LogP contribution in [0.3, 0.4) is 0 Å². The van der Waals surface area contributed by atoms with Crippen molar-refractivity contribution in [2.24, 2.45) is 0 Å². The summed E-state index contributed by atoms with van der Waals surface area (Å²) < 4.78 is 0. The van der Waals surface area contributed by atoms with Crippen molar-refractivity contribution in [3.8, 4) is 6.07 Å². The Labute approximate surface area is 76.1 Å². The lowest BCUT2D eigenvalue weighted by Crippen LogP contribution is -1.87. The molecule has 0 radical (unpaired) electrons. The average Bonchev–Trinajstić information content (AvgIpc) is 2.59. The fraction of sp³-hybridized carbons (Fsp3) is 0.0909.